The number of halogens is 1. The van der Waals surface area contributed by atoms with Crippen LogP contribution in [0.3, 0.4) is 0 Å². The van der Waals surface area contributed by atoms with E-state index >= 15 is 0 Å². The van der Waals surface area contributed by atoms with E-state index in [4.69, 9.17) is 11.6 Å². The van der Waals surface area contributed by atoms with Gasteiger partial charge in [-0.25, -0.2) is 0 Å². The third-order valence-corrected chi connectivity index (χ3v) is 4.30. The van der Waals surface area contributed by atoms with Gasteiger partial charge in [-0.05, 0) is 25.5 Å². The highest BCUT2D eigenvalue weighted by molar-refractivity contribution is 7.10. The van der Waals surface area contributed by atoms with E-state index < -0.39 is 0 Å². The highest BCUT2D eigenvalue weighted by Crippen LogP contribution is 2.24. The van der Waals surface area contributed by atoms with Crippen molar-refractivity contribution in [3.05, 3.63) is 28.5 Å². The van der Waals surface area contributed by atoms with E-state index in [-0.39, 0.29) is 0 Å². The fourth-order valence-corrected chi connectivity index (χ4v) is 3.03. The van der Waals surface area contributed by atoms with Gasteiger partial charge in [0.25, 0.3) is 0 Å². The average molecular weight is 284 g/mol. The van der Waals surface area contributed by atoms with Crippen LogP contribution in [-0.4, -0.2) is 36.9 Å². The van der Waals surface area contributed by atoms with Gasteiger partial charge in [-0.1, -0.05) is 16.1 Å². The van der Waals surface area contributed by atoms with Crippen LogP contribution >= 0.6 is 23.1 Å². The van der Waals surface area contributed by atoms with Gasteiger partial charge in [0.1, 0.15) is 10.0 Å². The number of rotatable bonds is 4. The molecule has 1 saturated heterocycles. The molecule has 96 valence electrons. The monoisotopic (exact) mass is 283 g/mol. The smallest absolute Gasteiger partial charge is 0.138 e. The van der Waals surface area contributed by atoms with Gasteiger partial charge < -0.3 is 0 Å². The predicted octanol–water partition coefficient (Wildman–Crippen LogP) is 2.05. The van der Waals surface area contributed by atoms with Crippen molar-refractivity contribution in [1.29, 1.82) is 0 Å². The summed E-state index contributed by atoms with van der Waals surface area (Å²) in [6.07, 6.45) is 6.25. The molecule has 1 atom stereocenters. The Bertz CT molecular complexity index is 497. The van der Waals surface area contributed by atoms with E-state index in [0.29, 0.717) is 10.4 Å². The van der Waals surface area contributed by atoms with Crippen molar-refractivity contribution in [1.82, 2.24) is 24.3 Å². The molecule has 0 unspecified atom stereocenters. The number of likely N-dealkylation sites (tertiary alicyclic amines) is 1. The molecule has 5 nitrogen and oxygen atoms in total. The normalized spacial score (nSPS) is 20.6. The number of hydrogen-bond donors (Lipinski definition) is 0. The van der Waals surface area contributed by atoms with Crippen molar-refractivity contribution in [2.24, 2.45) is 0 Å². The Hall–Kier alpha value is -0.980. The Morgan fingerprint density at radius 2 is 2.44 bits per heavy atom. The van der Waals surface area contributed by atoms with Crippen LogP contribution in [-0.2, 0) is 13.1 Å². The first-order valence-electron chi connectivity index (χ1n) is 6.01. The molecule has 1 aliphatic heterocycles. The molecule has 1 fully saturated rings. The van der Waals surface area contributed by atoms with Gasteiger partial charge in [0.05, 0.1) is 6.54 Å². The number of nitrogens with zero attached hydrogens (tertiary/aromatic N) is 5. The molecule has 0 aromatic carbocycles. The first-order valence-corrected chi connectivity index (χ1v) is 7.16. The lowest BCUT2D eigenvalue weighted by molar-refractivity contribution is 0.217. The summed E-state index contributed by atoms with van der Waals surface area (Å²) in [7, 11) is 0. The van der Waals surface area contributed by atoms with Gasteiger partial charge in [0.2, 0.25) is 0 Å². The second-order valence-electron chi connectivity index (χ2n) is 4.49. The lowest BCUT2D eigenvalue weighted by atomic mass is 10.2. The fraction of sp³-hybridized carbons (Fsp3) is 0.545. The standard InChI is InChI=1S/C11H14ClN5S/c12-11-10(14-15-18-11)8-16-5-1-3-9(16)7-17-6-2-4-13-17/h2,4,6,9H,1,3,5,7-8H2/t9-/m1/s1. The Morgan fingerprint density at radius 1 is 1.50 bits per heavy atom. The molecule has 0 amide bonds. The minimum atomic E-state index is 0.516. The Balaban J connectivity index is 1.66. The van der Waals surface area contributed by atoms with E-state index in [1.54, 1.807) is 0 Å². The summed E-state index contributed by atoms with van der Waals surface area (Å²) in [6, 6.07) is 2.48. The highest BCUT2D eigenvalue weighted by atomic mass is 35.5. The summed E-state index contributed by atoms with van der Waals surface area (Å²) in [6.45, 7) is 2.82. The lowest BCUT2D eigenvalue weighted by Gasteiger charge is -2.23. The molecule has 0 N–H and O–H groups in total. The van der Waals surface area contributed by atoms with Crippen LogP contribution in [0.1, 0.15) is 18.5 Å². The largest absolute Gasteiger partial charge is 0.293 e. The van der Waals surface area contributed by atoms with Crippen molar-refractivity contribution in [2.45, 2.75) is 32.0 Å². The molecule has 3 rings (SSSR count). The summed E-state index contributed by atoms with van der Waals surface area (Å²) in [5.41, 5.74) is 0.897. The molecule has 0 spiro atoms. The molecule has 2 aromatic rings. The molecule has 0 bridgehead atoms. The summed E-state index contributed by atoms with van der Waals surface area (Å²) in [4.78, 5) is 2.42. The summed E-state index contributed by atoms with van der Waals surface area (Å²) in [5, 5.41) is 8.35. The quantitative estimate of drug-likeness (QED) is 0.862. The third kappa shape index (κ3) is 2.55. The minimum Gasteiger partial charge on any atom is -0.293 e. The van der Waals surface area contributed by atoms with Crippen LogP contribution in [0.25, 0.3) is 0 Å². The SMILES string of the molecule is Clc1snnc1CN1CCC[C@@H]1Cn1cccn1. The van der Waals surface area contributed by atoms with E-state index in [2.05, 4.69) is 19.6 Å². The fourth-order valence-electron chi connectivity index (χ4n) is 2.42. The zero-order valence-corrected chi connectivity index (χ0v) is 11.4. The second kappa shape index (κ2) is 5.34. The van der Waals surface area contributed by atoms with Gasteiger partial charge in [-0.3, -0.25) is 9.58 Å². The maximum absolute atomic E-state index is 6.06. The number of hydrogen-bond acceptors (Lipinski definition) is 5. The van der Waals surface area contributed by atoms with E-state index in [1.165, 1.54) is 24.4 Å². The minimum absolute atomic E-state index is 0.516. The Kier molecular flexibility index (Phi) is 3.58. The summed E-state index contributed by atoms with van der Waals surface area (Å²) in [5.74, 6) is 0. The Morgan fingerprint density at radius 3 is 3.17 bits per heavy atom. The van der Waals surface area contributed by atoms with Crippen molar-refractivity contribution in [2.75, 3.05) is 6.54 Å². The molecular formula is C11H14ClN5S. The van der Waals surface area contributed by atoms with Crippen LogP contribution in [0.2, 0.25) is 4.34 Å². The topological polar surface area (TPSA) is 46.8 Å². The molecule has 18 heavy (non-hydrogen) atoms. The molecule has 2 aromatic heterocycles. The Labute approximate surface area is 115 Å². The maximum Gasteiger partial charge on any atom is 0.138 e. The third-order valence-electron chi connectivity index (χ3n) is 3.32. The van der Waals surface area contributed by atoms with Crippen molar-refractivity contribution < 1.29 is 0 Å². The van der Waals surface area contributed by atoms with Crippen molar-refractivity contribution >= 4 is 23.1 Å². The van der Waals surface area contributed by atoms with Gasteiger partial charge >= 0.3 is 0 Å². The molecule has 0 saturated carbocycles. The first kappa shape index (κ1) is 12.1. The van der Waals surface area contributed by atoms with E-state index in [9.17, 15) is 0 Å². The predicted molar refractivity (Wildman–Crippen MR) is 70.6 cm³/mol. The summed E-state index contributed by atoms with van der Waals surface area (Å²) < 4.78 is 6.58. The zero-order chi connectivity index (χ0) is 12.4. The van der Waals surface area contributed by atoms with E-state index in [1.807, 2.05) is 23.1 Å². The van der Waals surface area contributed by atoms with Gasteiger partial charge in [-0.15, -0.1) is 5.10 Å². The summed E-state index contributed by atoms with van der Waals surface area (Å²) >= 11 is 7.31. The molecule has 7 heteroatoms. The van der Waals surface area contributed by atoms with Gasteiger partial charge in [0, 0.05) is 36.5 Å². The molecule has 0 radical (unpaired) electrons. The second-order valence-corrected chi connectivity index (χ2v) is 5.84. The lowest BCUT2D eigenvalue weighted by Crippen LogP contribution is -2.32. The molecule has 0 aliphatic carbocycles. The molecule has 1 aliphatic rings. The molecule has 3 heterocycles. The van der Waals surface area contributed by atoms with Crippen LogP contribution in [0.4, 0.5) is 0 Å². The van der Waals surface area contributed by atoms with Crippen LogP contribution in [0.15, 0.2) is 18.5 Å². The first-order chi connectivity index (χ1) is 8.83. The highest BCUT2D eigenvalue weighted by Gasteiger charge is 2.26. The maximum atomic E-state index is 6.06. The van der Waals surface area contributed by atoms with Gasteiger partial charge in [0.15, 0.2) is 0 Å². The van der Waals surface area contributed by atoms with Crippen molar-refractivity contribution in [3.8, 4) is 0 Å². The van der Waals surface area contributed by atoms with Crippen molar-refractivity contribution in [3.63, 3.8) is 0 Å². The van der Waals surface area contributed by atoms with Gasteiger partial charge in [-0.2, -0.15) is 5.10 Å². The average Bonchev–Trinajstić information content (AvgIpc) is 3.06. The van der Waals surface area contributed by atoms with Crippen LogP contribution in [0.5, 0.6) is 0 Å². The van der Waals surface area contributed by atoms with Crippen LogP contribution in [0, 0.1) is 0 Å². The zero-order valence-electron chi connectivity index (χ0n) is 9.87. The van der Waals surface area contributed by atoms with Crippen LogP contribution < -0.4 is 0 Å². The molecular weight excluding hydrogens is 270 g/mol. The number of aromatic nitrogens is 4. The van der Waals surface area contributed by atoms with E-state index in [0.717, 1.165) is 25.3 Å².